The molecule has 3 N–H and O–H groups in total. The third-order valence-corrected chi connectivity index (χ3v) is 5.29. The maximum atomic E-state index is 12.6. The second kappa shape index (κ2) is 7.03. The number of amides is 1. The molecule has 138 valence electrons. The van der Waals surface area contributed by atoms with E-state index in [-0.39, 0.29) is 11.1 Å². The van der Waals surface area contributed by atoms with E-state index in [0.717, 1.165) is 68.7 Å². The molecular weight excluding hydrogens is 332 g/mol. The van der Waals surface area contributed by atoms with Gasteiger partial charge in [-0.05, 0) is 63.2 Å². The fourth-order valence-electron chi connectivity index (χ4n) is 3.78. The largest absolute Gasteiger partial charge is 0.325 e. The fraction of sp³-hybridized carbons (Fsp3) is 0.556. The van der Waals surface area contributed by atoms with Crippen LogP contribution in [0.15, 0.2) is 10.9 Å². The lowest BCUT2D eigenvalue weighted by atomic mass is 9.95. The molecule has 0 spiro atoms. The Bertz CT molecular complexity index is 878. The van der Waals surface area contributed by atoms with Crippen LogP contribution in [0.3, 0.4) is 0 Å². The molecule has 26 heavy (non-hydrogen) atoms. The molecule has 1 aliphatic heterocycles. The molecule has 1 aliphatic carbocycles. The van der Waals surface area contributed by atoms with E-state index in [9.17, 15) is 9.59 Å². The Labute approximate surface area is 151 Å². The molecule has 2 aliphatic rings. The molecule has 3 heterocycles. The van der Waals surface area contributed by atoms with Crippen molar-refractivity contribution in [2.45, 2.75) is 44.4 Å². The number of fused-ring (bicyclic) bond motifs is 1. The minimum atomic E-state index is -0.438. The summed E-state index contributed by atoms with van der Waals surface area (Å²) in [6.45, 7) is 1.91. The van der Waals surface area contributed by atoms with E-state index >= 15 is 0 Å². The standard InChI is InChI=1S/C18H24N6O2/c1-24-18(21-15(23-24)11-6-8-19-9-7-11)22-17(26)13-10-12-4-2-3-5-14(12)20-16(13)25/h10-11,19H,2-9H2,1H3,(H,20,25)(H,21,22,23,26). The smallest absolute Gasteiger partial charge is 0.263 e. The molecule has 0 bridgehead atoms. The topological polar surface area (TPSA) is 105 Å². The van der Waals surface area contributed by atoms with Crippen molar-refractivity contribution in [1.29, 1.82) is 0 Å². The Kier molecular flexibility index (Phi) is 4.58. The van der Waals surface area contributed by atoms with E-state index in [4.69, 9.17) is 0 Å². The van der Waals surface area contributed by atoms with Crippen LogP contribution in [-0.4, -0.2) is 38.7 Å². The van der Waals surface area contributed by atoms with Crippen molar-refractivity contribution in [3.63, 3.8) is 0 Å². The zero-order valence-corrected chi connectivity index (χ0v) is 15.0. The van der Waals surface area contributed by atoms with Crippen LogP contribution >= 0.6 is 0 Å². The van der Waals surface area contributed by atoms with Gasteiger partial charge in [0.25, 0.3) is 11.5 Å². The molecule has 1 saturated heterocycles. The number of aromatic nitrogens is 4. The number of aromatic amines is 1. The first-order valence-corrected chi connectivity index (χ1v) is 9.30. The number of H-pyrrole nitrogens is 1. The second-order valence-corrected chi connectivity index (χ2v) is 7.12. The van der Waals surface area contributed by atoms with Gasteiger partial charge >= 0.3 is 0 Å². The van der Waals surface area contributed by atoms with Crippen LogP contribution in [-0.2, 0) is 19.9 Å². The van der Waals surface area contributed by atoms with Gasteiger partial charge in [0.1, 0.15) is 5.56 Å². The minimum Gasteiger partial charge on any atom is -0.325 e. The van der Waals surface area contributed by atoms with E-state index in [1.165, 1.54) is 0 Å². The van der Waals surface area contributed by atoms with Crippen molar-refractivity contribution in [3.8, 4) is 0 Å². The molecule has 0 atom stereocenters. The predicted octanol–water partition coefficient (Wildman–Crippen LogP) is 1.10. The molecule has 0 aromatic carbocycles. The van der Waals surface area contributed by atoms with E-state index in [0.29, 0.717) is 11.9 Å². The number of anilines is 1. The van der Waals surface area contributed by atoms with Crippen LogP contribution in [0.5, 0.6) is 0 Å². The molecule has 2 aromatic heterocycles. The number of carbonyl (C=O) groups excluding carboxylic acids is 1. The summed E-state index contributed by atoms with van der Waals surface area (Å²) >= 11 is 0. The van der Waals surface area contributed by atoms with E-state index in [1.54, 1.807) is 17.8 Å². The van der Waals surface area contributed by atoms with Gasteiger partial charge in [-0.2, -0.15) is 10.1 Å². The number of piperidine rings is 1. The van der Waals surface area contributed by atoms with Crippen LogP contribution in [0.25, 0.3) is 0 Å². The molecule has 0 saturated carbocycles. The number of nitrogens with zero attached hydrogens (tertiary/aromatic N) is 3. The fourth-order valence-corrected chi connectivity index (χ4v) is 3.78. The number of carbonyl (C=O) groups is 1. The molecule has 2 aromatic rings. The zero-order valence-electron chi connectivity index (χ0n) is 15.0. The van der Waals surface area contributed by atoms with Crippen LogP contribution in [0.1, 0.15) is 59.0 Å². The third kappa shape index (κ3) is 3.29. The summed E-state index contributed by atoms with van der Waals surface area (Å²) in [4.78, 5) is 32.3. The van der Waals surface area contributed by atoms with Crippen molar-refractivity contribution in [1.82, 2.24) is 25.1 Å². The minimum absolute atomic E-state index is 0.136. The first-order valence-electron chi connectivity index (χ1n) is 9.30. The predicted molar refractivity (Wildman–Crippen MR) is 97.5 cm³/mol. The maximum Gasteiger partial charge on any atom is 0.263 e. The molecule has 0 radical (unpaired) electrons. The summed E-state index contributed by atoms with van der Waals surface area (Å²) in [5.41, 5.74) is 1.82. The molecule has 1 fully saturated rings. The SMILES string of the molecule is Cn1nc(C2CCNCC2)nc1NC(=O)c1cc2c([nH]c1=O)CCCC2. The normalized spacial score (nSPS) is 17.7. The number of rotatable bonds is 3. The maximum absolute atomic E-state index is 12.6. The van der Waals surface area contributed by atoms with Crippen LogP contribution < -0.4 is 16.2 Å². The van der Waals surface area contributed by atoms with Gasteiger partial charge in [-0.3, -0.25) is 14.9 Å². The number of nitrogens with one attached hydrogen (secondary N) is 3. The van der Waals surface area contributed by atoms with Crippen LogP contribution in [0.2, 0.25) is 0 Å². The van der Waals surface area contributed by atoms with Gasteiger partial charge in [0.05, 0.1) is 0 Å². The Hall–Kier alpha value is -2.48. The number of aryl methyl sites for hydroxylation is 3. The lowest BCUT2D eigenvalue weighted by molar-refractivity contribution is 0.102. The average molecular weight is 356 g/mol. The van der Waals surface area contributed by atoms with Crippen molar-refractivity contribution < 1.29 is 4.79 Å². The zero-order chi connectivity index (χ0) is 18.1. The van der Waals surface area contributed by atoms with Gasteiger partial charge in [-0.15, -0.1) is 0 Å². The molecule has 4 rings (SSSR count). The Morgan fingerprint density at radius 2 is 2.04 bits per heavy atom. The Morgan fingerprint density at radius 3 is 2.85 bits per heavy atom. The molecular formula is C18H24N6O2. The van der Waals surface area contributed by atoms with Gasteiger partial charge in [-0.25, -0.2) is 4.68 Å². The highest BCUT2D eigenvalue weighted by Crippen LogP contribution is 2.23. The highest BCUT2D eigenvalue weighted by atomic mass is 16.2. The Morgan fingerprint density at radius 1 is 1.27 bits per heavy atom. The molecule has 0 unspecified atom stereocenters. The quantitative estimate of drug-likeness (QED) is 0.764. The van der Waals surface area contributed by atoms with E-state index in [1.807, 2.05) is 0 Å². The van der Waals surface area contributed by atoms with Crippen LogP contribution in [0.4, 0.5) is 5.95 Å². The van der Waals surface area contributed by atoms with Crippen molar-refractivity contribution in [3.05, 3.63) is 39.1 Å². The summed E-state index contributed by atoms with van der Waals surface area (Å²) in [5, 5.41) is 10.5. The molecule has 8 nitrogen and oxygen atoms in total. The van der Waals surface area contributed by atoms with Gasteiger partial charge in [0.2, 0.25) is 5.95 Å². The first kappa shape index (κ1) is 17.0. The highest BCUT2D eigenvalue weighted by molar-refractivity contribution is 6.03. The van der Waals surface area contributed by atoms with E-state index < -0.39 is 5.91 Å². The van der Waals surface area contributed by atoms with E-state index in [2.05, 4.69) is 25.7 Å². The van der Waals surface area contributed by atoms with Crippen LogP contribution in [0, 0.1) is 0 Å². The van der Waals surface area contributed by atoms with Crippen molar-refractivity contribution in [2.75, 3.05) is 18.4 Å². The van der Waals surface area contributed by atoms with Gasteiger partial charge in [0.15, 0.2) is 5.82 Å². The Balaban J connectivity index is 1.55. The third-order valence-electron chi connectivity index (χ3n) is 5.29. The number of hydrogen-bond acceptors (Lipinski definition) is 5. The van der Waals surface area contributed by atoms with Crippen molar-refractivity contribution in [2.24, 2.45) is 7.05 Å². The van der Waals surface area contributed by atoms with Gasteiger partial charge in [-0.1, -0.05) is 0 Å². The van der Waals surface area contributed by atoms with Crippen molar-refractivity contribution >= 4 is 11.9 Å². The summed E-state index contributed by atoms with van der Waals surface area (Å²) in [7, 11) is 1.75. The summed E-state index contributed by atoms with van der Waals surface area (Å²) in [6, 6.07) is 1.73. The number of pyridine rings is 1. The molecule has 1 amide bonds. The highest BCUT2D eigenvalue weighted by Gasteiger charge is 2.23. The average Bonchev–Trinajstić information content (AvgIpc) is 3.02. The van der Waals surface area contributed by atoms with Gasteiger partial charge in [0, 0.05) is 18.7 Å². The second-order valence-electron chi connectivity index (χ2n) is 7.12. The number of hydrogen-bond donors (Lipinski definition) is 3. The first-order chi connectivity index (χ1) is 12.6. The summed E-state index contributed by atoms with van der Waals surface area (Å²) in [5.74, 6) is 0.997. The molecule has 8 heteroatoms. The van der Waals surface area contributed by atoms with Gasteiger partial charge < -0.3 is 10.3 Å². The lowest BCUT2D eigenvalue weighted by Crippen LogP contribution is -2.27. The summed E-state index contributed by atoms with van der Waals surface area (Å²) in [6.07, 6.45) is 5.91. The lowest BCUT2D eigenvalue weighted by Gasteiger charge is -2.19. The summed E-state index contributed by atoms with van der Waals surface area (Å²) < 4.78 is 1.57. The monoisotopic (exact) mass is 356 g/mol.